The third kappa shape index (κ3) is 5.54. The number of benzene rings is 3. The van der Waals surface area contributed by atoms with E-state index < -0.39 is 0 Å². The number of anilines is 1. The van der Waals surface area contributed by atoms with Gasteiger partial charge in [-0.3, -0.25) is 0 Å². The number of nitrogens with one attached hydrogen (secondary N) is 1. The van der Waals surface area contributed by atoms with Crippen LogP contribution in [0.2, 0.25) is 30.1 Å². The molecule has 0 aliphatic carbocycles. The summed E-state index contributed by atoms with van der Waals surface area (Å²) in [5.41, 5.74) is 2.50. The fourth-order valence-corrected chi connectivity index (χ4v) is 3.85. The van der Waals surface area contributed by atoms with Crippen molar-refractivity contribution in [1.82, 2.24) is 0 Å². The van der Waals surface area contributed by atoms with Gasteiger partial charge in [-0.05, 0) is 48.0 Å². The van der Waals surface area contributed by atoms with Gasteiger partial charge in [0.2, 0.25) is 0 Å². The van der Waals surface area contributed by atoms with Crippen LogP contribution in [-0.2, 0) is 13.2 Å². The summed E-state index contributed by atoms with van der Waals surface area (Å²) in [5, 5.41) is 6.11. The molecule has 0 atom stereocenters. The Morgan fingerprint density at radius 1 is 0.679 bits per heavy atom. The van der Waals surface area contributed by atoms with Crippen molar-refractivity contribution in [3.8, 4) is 5.75 Å². The highest BCUT2D eigenvalue weighted by molar-refractivity contribution is 6.42. The molecule has 146 valence electrons. The zero-order chi connectivity index (χ0) is 20.3. The first-order chi connectivity index (χ1) is 13.3. The average Bonchev–Trinajstić information content (AvgIpc) is 2.63. The third-order valence-electron chi connectivity index (χ3n) is 3.86. The highest BCUT2D eigenvalue weighted by Gasteiger charge is 2.12. The zero-order valence-electron chi connectivity index (χ0n) is 14.2. The number of hydrogen-bond donors (Lipinski definition) is 1. The highest BCUT2D eigenvalue weighted by Crippen LogP contribution is 2.36. The minimum atomic E-state index is 0.219. The van der Waals surface area contributed by atoms with E-state index in [4.69, 9.17) is 74.3 Å². The van der Waals surface area contributed by atoms with Gasteiger partial charge in [0.1, 0.15) is 6.61 Å². The van der Waals surface area contributed by atoms with Crippen LogP contribution in [-0.4, -0.2) is 0 Å². The van der Waals surface area contributed by atoms with Gasteiger partial charge in [-0.2, -0.15) is 0 Å². The van der Waals surface area contributed by atoms with Crippen LogP contribution >= 0.6 is 69.6 Å². The molecule has 8 heteroatoms. The minimum Gasteiger partial charge on any atom is -0.486 e. The van der Waals surface area contributed by atoms with E-state index in [-0.39, 0.29) is 6.61 Å². The molecule has 0 amide bonds. The van der Waals surface area contributed by atoms with Crippen molar-refractivity contribution in [2.75, 3.05) is 5.32 Å². The Morgan fingerprint density at radius 3 is 2.04 bits per heavy atom. The molecule has 0 fully saturated rings. The van der Waals surface area contributed by atoms with E-state index in [1.165, 1.54) is 0 Å². The fraction of sp³-hybridized carbons (Fsp3) is 0.100. The van der Waals surface area contributed by atoms with E-state index >= 15 is 0 Å². The molecule has 0 spiro atoms. The van der Waals surface area contributed by atoms with Gasteiger partial charge in [-0.1, -0.05) is 75.7 Å². The van der Waals surface area contributed by atoms with Gasteiger partial charge in [-0.25, -0.2) is 0 Å². The van der Waals surface area contributed by atoms with Crippen LogP contribution in [0.3, 0.4) is 0 Å². The van der Waals surface area contributed by atoms with Crippen molar-refractivity contribution in [3.63, 3.8) is 0 Å². The van der Waals surface area contributed by atoms with Crippen LogP contribution in [0.15, 0.2) is 48.5 Å². The first kappa shape index (κ1) is 21.7. The molecule has 28 heavy (non-hydrogen) atoms. The molecule has 0 saturated carbocycles. The Morgan fingerprint density at radius 2 is 1.39 bits per heavy atom. The van der Waals surface area contributed by atoms with Gasteiger partial charge in [0.05, 0.1) is 20.1 Å². The van der Waals surface area contributed by atoms with Crippen LogP contribution in [0.1, 0.15) is 11.1 Å². The second-order valence-corrected chi connectivity index (χ2v) is 8.37. The molecule has 0 saturated heterocycles. The lowest BCUT2D eigenvalue weighted by molar-refractivity contribution is 0.306. The SMILES string of the molecule is Clc1ccc(COc2c(Cl)cc(CNc3ccc(Cl)c(Cl)c3)cc2Cl)c(Cl)c1. The van der Waals surface area contributed by atoms with Crippen LogP contribution in [0.5, 0.6) is 5.75 Å². The summed E-state index contributed by atoms with van der Waals surface area (Å²) in [6, 6.07) is 14.1. The van der Waals surface area contributed by atoms with E-state index in [0.29, 0.717) is 42.4 Å². The van der Waals surface area contributed by atoms with Crippen LogP contribution in [0, 0.1) is 0 Å². The molecule has 1 N–H and O–H groups in total. The van der Waals surface area contributed by atoms with Crippen molar-refractivity contribution < 1.29 is 4.74 Å². The standard InChI is InChI=1S/C20H13Cl6NO/c21-13-2-1-12(16(23)7-13)10-28-20-18(25)5-11(6-19(20)26)9-27-14-3-4-15(22)17(24)8-14/h1-8,27H,9-10H2. The molecule has 0 bridgehead atoms. The van der Waals surface area contributed by atoms with Crippen molar-refractivity contribution in [1.29, 1.82) is 0 Å². The second kappa shape index (κ2) is 9.67. The summed E-state index contributed by atoms with van der Waals surface area (Å²) >= 11 is 36.7. The molecule has 3 rings (SSSR count). The summed E-state index contributed by atoms with van der Waals surface area (Å²) in [6.45, 7) is 0.719. The average molecular weight is 496 g/mol. The molecule has 3 aromatic carbocycles. The second-order valence-electron chi connectivity index (χ2n) is 5.90. The van der Waals surface area contributed by atoms with Crippen molar-refractivity contribution in [2.45, 2.75) is 13.2 Å². The maximum Gasteiger partial charge on any atom is 0.156 e. The Balaban J connectivity index is 1.68. The lowest BCUT2D eigenvalue weighted by Crippen LogP contribution is -2.01. The normalized spacial score (nSPS) is 10.8. The number of hydrogen-bond acceptors (Lipinski definition) is 2. The predicted molar refractivity (Wildman–Crippen MR) is 121 cm³/mol. The molecule has 0 heterocycles. The van der Waals surface area contributed by atoms with Crippen LogP contribution < -0.4 is 10.1 Å². The van der Waals surface area contributed by atoms with E-state index in [0.717, 1.165) is 16.8 Å². The summed E-state index contributed by atoms with van der Waals surface area (Å²) < 4.78 is 5.78. The van der Waals surface area contributed by atoms with Crippen molar-refractivity contribution in [3.05, 3.63) is 89.8 Å². The predicted octanol–water partition coefficient (Wildman–Crippen LogP) is 8.80. The summed E-state index contributed by atoms with van der Waals surface area (Å²) in [4.78, 5) is 0. The topological polar surface area (TPSA) is 21.3 Å². The van der Waals surface area contributed by atoms with E-state index in [1.807, 2.05) is 6.07 Å². The van der Waals surface area contributed by atoms with Gasteiger partial charge < -0.3 is 10.1 Å². The van der Waals surface area contributed by atoms with Gasteiger partial charge in [0.15, 0.2) is 5.75 Å². The van der Waals surface area contributed by atoms with Crippen molar-refractivity contribution in [2.24, 2.45) is 0 Å². The molecule has 2 nitrogen and oxygen atoms in total. The smallest absolute Gasteiger partial charge is 0.156 e. The summed E-state index contributed by atoms with van der Waals surface area (Å²) in [6.07, 6.45) is 0. The summed E-state index contributed by atoms with van der Waals surface area (Å²) in [5.74, 6) is 0.396. The molecular formula is C20H13Cl6NO. The largest absolute Gasteiger partial charge is 0.486 e. The van der Waals surface area contributed by atoms with E-state index in [9.17, 15) is 0 Å². The first-order valence-corrected chi connectivity index (χ1v) is 10.3. The van der Waals surface area contributed by atoms with Gasteiger partial charge in [-0.15, -0.1) is 0 Å². The zero-order valence-corrected chi connectivity index (χ0v) is 18.7. The lowest BCUT2D eigenvalue weighted by atomic mass is 10.2. The van der Waals surface area contributed by atoms with Crippen molar-refractivity contribution >= 4 is 75.3 Å². The van der Waals surface area contributed by atoms with Crippen LogP contribution in [0.4, 0.5) is 5.69 Å². The Hall–Kier alpha value is -1.000. The Labute approximate surface area is 193 Å². The quantitative estimate of drug-likeness (QED) is 0.369. The molecule has 0 aliphatic heterocycles. The lowest BCUT2D eigenvalue weighted by Gasteiger charge is -2.14. The Kier molecular flexibility index (Phi) is 7.49. The van der Waals surface area contributed by atoms with Crippen LogP contribution in [0.25, 0.3) is 0 Å². The van der Waals surface area contributed by atoms with E-state index in [1.54, 1.807) is 42.5 Å². The molecule has 0 aliphatic rings. The van der Waals surface area contributed by atoms with Gasteiger partial charge >= 0.3 is 0 Å². The van der Waals surface area contributed by atoms with Gasteiger partial charge in [0, 0.05) is 27.8 Å². The van der Waals surface area contributed by atoms with Gasteiger partial charge in [0.25, 0.3) is 0 Å². The number of rotatable bonds is 6. The molecule has 0 unspecified atom stereocenters. The maximum absolute atomic E-state index is 6.36. The fourth-order valence-electron chi connectivity index (χ4n) is 2.45. The first-order valence-electron chi connectivity index (χ1n) is 8.07. The Bertz CT molecular complexity index is 985. The highest BCUT2D eigenvalue weighted by atomic mass is 35.5. The summed E-state index contributed by atoms with van der Waals surface area (Å²) in [7, 11) is 0. The third-order valence-corrected chi connectivity index (χ3v) is 5.75. The number of halogens is 6. The minimum absolute atomic E-state index is 0.219. The molecule has 0 aromatic heterocycles. The maximum atomic E-state index is 6.36. The molecular weight excluding hydrogens is 483 g/mol. The van der Waals surface area contributed by atoms with E-state index in [2.05, 4.69) is 5.32 Å². The monoisotopic (exact) mass is 493 g/mol. The number of ether oxygens (including phenoxy) is 1. The molecule has 3 aromatic rings. The molecule has 0 radical (unpaired) electrons.